The van der Waals surface area contributed by atoms with E-state index < -0.39 is 0 Å². The van der Waals surface area contributed by atoms with Gasteiger partial charge in [0.2, 0.25) is 11.8 Å². The number of ether oxygens (including phenoxy) is 2. The van der Waals surface area contributed by atoms with Gasteiger partial charge in [0.25, 0.3) is 0 Å². The molecule has 2 aliphatic rings. The average Bonchev–Trinajstić information content (AvgIpc) is 3.54. The minimum Gasteiger partial charge on any atom is -0.473 e. The van der Waals surface area contributed by atoms with E-state index in [0.29, 0.717) is 11.8 Å². The molecule has 1 saturated carbocycles. The highest BCUT2D eigenvalue weighted by Gasteiger charge is 2.18. The zero-order chi connectivity index (χ0) is 22.7. The lowest BCUT2D eigenvalue weighted by Crippen LogP contribution is -2.37. The number of fused-ring (bicyclic) bond motifs is 1. The average molecular weight is 457 g/mol. The molecule has 4 heterocycles. The van der Waals surface area contributed by atoms with Crippen LogP contribution in [-0.4, -0.2) is 50.2 Å². The van der Waals surface area contributed by atoms with Crippen LogP contribution in [0.5, 0.6) is 11.8 Å². The van der Waals surface area contributed by atoms with Crippen LogP contribution in [-0.2, 0) is 0 Å². The molecule has 0 bridgehead atoms. The lowest BCUT2D eigenvalue weighted by Gasteiger charge is -2.23. The molecule has 1 saturated heterocycles. The first-order chi connectivity index (χ1) is 16.8. The molecule has 1 atom stereocenters. The Labute approximate surface area is 198 Å². The van der Waals surface area contributed by atoms with E-state index in [2.05, 4.69) is 32.4 Å². The summed E-state index contributed by atoms with van der Waals surface area (Å²) in [6.07, 6.45) is 16.0. The summed E-state index contributed by atoms with van der Waals surface area (Å²) in [5.74, 6) is 1.14. The Morgan fingerprint density at radius 2 is 1.53 bits per heavy atom. The quantitative estimate of drug-likeness (QED) is 0.440. The van der Waals surface area contributed by atoms with Crippen LogP contribution in [0.4, 0.5) is 0 Å². The summed E-state index contributed by atoms with van der Waals surface area (Å²) in [7, 11) is 0. The molecule has 8 nitrogen and oxygen atoms in total. The molecule has 2 N–H and O–H groups in total. The molecule has 174 valence electrons. The number of nitrogens with zero attached hydrogens (tertiary/aromatic N) is 4. The van der Waals surface area contributed by atoms with Gasteiger partial charge in [0.1, 0.15) is 12.2 Å². The molecule has 6 rings (SSSR count). The van der Waals surface area contributed by atoms with Crippen LogP contribution in [0.2, 0.25) is 0 Å². The van der Waals surface area contributed by atoms with E-state index in [9.17, 15) is 0 Å². The first-order valence-electron chi connectivity index (χ1n) is 12.1. The number of rotatable bonds is 6. The van der Waals surface area contributed by atoms with E-state index in [1.807, 2.05) is 12.3 Å². The Morgan fingerprint density at radius 3 is 2.32 bits per heavy atom. The minimum atomic E-state index is 0.130. The number of hydrogen-bond donors (Lipinski definition) is 2. The number of H-pyrrole nitrogens is 1. The molecule has 1 aromatic carbocycles. The van der Waals surface area contributed by atoms with Crippen molar-refractivity contribution in [2.75, 3.05) is 13.1 Å². The molecular weight excluding hydrogens is 428 g/mol. The Morgan fingerprint density at radius 1 is 0.794 bits per heavy atom. The third kappa shape index (κ3) is 4.46. The second kappa shape index (κ2) is 9.38. The molecule has 0 unspecified atom stereocenters. The summed E-state index contributed by atoms with van der Waals surface area (Å²) in [6, 6.07) is 6.22. The van der Waals surface area contributed by atoms with Gasteiger partial charge in [-0.15, -0.1) is 0 Å². The van der Waals surface area contributed by atoms with Crippen LogP contribution in [0.1, 0.15) is 38.5 Å². The van der Waals surface area contributed by atoms with Gasteiger partial charge < -0.3 is 19.8 Å². The lowest BCUT2D eigenvalue weighted by molar-refractivity contribution is 0.160. The summed E-state index contributed by atoms with van der Waals surface area (Å²) in [4.78, 5) is 21.6. The lowest BCUT2D eigenvalue weighted by atomic mass is 10.1. The Hall–Kier alpha value is -3.52. The largest absolute Gasteiger partial charge is 0.473 e. The number of piperidine rings is 1. The molecule has 3 aromatic heterocycles. The van der Waals surface area contributed by atoms with E-state index in [-0.39, 0.29) is 12.2 Å². The van der Waals surface area contributed by atoms with E-state index in [0.717, 1.165) is 72.2 Å². The summed E-state index contributed by atoms with van der Waals surface area (Å²) >= 11 is 0. The van der Waals surface area contributed by atoms with Crippen molar-refractivity contribution in [3.05, 3.63) is 49.2 Å². The van der Waals surface area contributed by atoms with Gasteiger partial charge in [0.05, 0.1) is 36.2 Å². The number of benzene rings is 1. The van der Waals surface area contributed by atoms with Gasteiger partial charge in [-0.2, -0.15) is 0 Å². The van der Waals surface area contributed by atoms with Gasteiger partial charge in [0.15, 0.2) is 0 Å². The van der Waals surface area contributed by atoms with Gasteiger partial charge >= 0.3 is 0 Å². The molecule has 8 heteroatoms. The fourth-order valence-corrected chi connectivity index (χ4v) is 4.84. The van der Waals surface area contributed by atoms with Crippen molar-refractivity contribution in [3.8, 4) is 34.3 Å². The maximum absolute atomic E-state index is 6.09. The highest BCUT2D eigenvalue weighted by molar-refractivity contribution is 5.96. The van der Waals surface area contributed by atoms with Gasteiger partial charge in [-0.1, -0.05) is 6.07 Å². The van der Waals surface area contributed by atoms with Crippen molar-refractivity contribution in [1.82, 2.24) is 30.2 Å². The first kappa shape index (κ1) is 21.0. The molecule has 1 aliphatic heterocycles. The molecule has 1 aliphatic carbocycles. The van der Waals surface area contributed by atoms with Crippen LogP contribution in [0.15, 0.2) is 49.2 Å². The number of hydrogen-bond acceptors (Lipinski definition) is 7. The molecule has 0 spiro atoms. The number of aromatic amines is 1. The highest BCUT2D eigenvalue weighted by Crippen LogP contribution is 2.32. The fourth-order valence-electron chi connectivity index (χ4n) is 4.84. The van der Waals surface area contributed by atoms with E-state index in [1.54, 1.807) is 24.8 Å². The SMILES string of the molecule is c1cc2[nH]cc(-c3cncc(O[C@@H]4CCCNC4)n3)c2cc1-c1cncc(OC2CCCC2)n1. The van der Waals surface area contributed by atoms with Crippen LogP contribution in [0.3, 0.4) is 0 Å². The zero-order valence-corrected chi connectivity index (χ0v) is 19.0. The third-order valence-electron chi connectivity index (χ3n) is 6.61. The first-order valence-corrected chi connectivity index (χ1v) is 12.1. The molecular formula is C26H28N6O2. The fraction of sp³-hybridized carbons (Fsp3) is 0.385. The van der Waals surface area contributed by atoms with Crippen LogP contribution in [0.25, 0.3) is 33.4 Å². The van der Waals surface area contributed by atoms with Crippen LogP contribution >= 0.6 is 0 Å². The molecule has 34 heavy (non-hydrogen) atoms. The maximum Gasteiger partial charge on any atom is 0.233 e. The van der Waals surface area contributed by atoms with Crippen LogP contribution < -0.4 is 14.8 Å². The standard InChI is InChI=1S/C26H28N6O2/c1-2-5-18(4-1)33-25-15-28-13-23(31-25)17-7-8-22-20(10-17)21(12-30-22)24-14-29-16-26(32-24)34-19-6-3-9-27-11-19/h7-8,10,12-16,18-19,27,30H,1-6,9,11H2/t19-/m1/s1. The van der Waals surface area contributed by atoms with Crippen molar-refractivity contribution >= 4 is 10.9 Å². The Bertz CT molecular complexity index is 1280. The summed E-state index contributed by atoms with van der Waals surface area (Å²) in [5, 5.41) is 4.42. The predicted octanol–water partition coefficient (Wildman–Crippen LogP) is 4.53. The summed E-state index contributed by atoms with van der Waals surface area (Å²) < 4.78 is 12.2. The number of nitrogens with one attached hydrogen (secondary N) is 2. The van der Waals surface area contributed by atoms with Gasteiger partial charge in [-0.3, -0.25) is 9.97 Å². The van der Waals surface area contributed by atoms with Gasteiger partial charge in [-0.05, 0) is 57.2 Å². The summed E-state index contributed by atoms with van der Waals surface area (Å²) in [6.45, 7) is 1.89. The Kier molecular flexibility index (Phi) is 5.81. The summed E-state index contributed by atoms with van der Waals surface area (Å²) in [5.41, 5.74) is 4.54. The number of aromatic nitrogens is 5. The van der Waals surface area contributed by atoms with E-state index in [4.69, 9.17) is 19.4 Å². The monoisotopic (exact) mass is 456 g/mol. The maximum atomic E-state index is 6.09. The predicted molar refractivity (Wildman–Crippen MR) is 130 cm³/mol. The van der Waals surface area contributed by atoms with Crippen LogP contribution in [0, 0.1) is 0 Å². The zero-order valence-electron chi connectivity index (χ0n) is 19.0. The molecule has 4 aromatic rings. The molecule has 0 radical (unpaired) electrons. The molecule has 2 fully saturated rings. The topological polar surface area (TPSA) is 97.8 Å². The minimum absolute atomic E-state index is 0.130. The second-order valence-electron chi connectivity index (χ2n) is 9.06. The van der Waals surface area contributed by atoms with Crippen molar-refractivity contribution in [2.24, 2.45) is 0 Å². The van der Waals surface area contributed by atoms with Gasteiger partial charge in [0, 0.05) is 34.8 Å². The third-order valence-corrected chi connectivity index (χ3v) is 6.61. The van der Waals surface area contributed by atoms with Crippen molar-refractivity contribution in [1.29, 1.82) is 0 Å². The van der Waals surface area contributed by atoms with E-state index >= 15 is 0 Å². The molecule has 0 amide bonds. The van der Waals surface area contributed by atoms with E-state index in [1.165, 1.54) is 12.8 Å². The normalized spacial score (nSPS) is 18.9. The second-order valence-corrected chi connectivity index (χ2v) is 9.06. The Balaban J connectivity index is 1.28. The van der Waals surface area contributed by atoms with Crippen molar-refractivity contribution < 1.29 is 9.47 Å². The van der Waals surface area contributed by atoms with Crippen molar-refractivity contribution in [2.45, 2.75) is 50.7 Å². The smallest absolute Gasteiger partial charge is 0.233 e. The highest BCUT2D eigenvalue weighted by atomic mass is 16.5. The van der Waals surface area contributed by atoms with Crippen molar-refractivity contribution in [3.63, 3.8) is 0 Å². The van der Waals surface area contributed by atoms with Gasteiger partial charge in [-0.25, -0.2) is 9.97 Å².